The highest BCUT2D eigenvalue weighted by Gasteiger charge is 2.25. The fourth-order valence-electron chi connectivity index (χ4n) is 2.48. The van der Waals surface area contributed by atoms with Crippen LogP contribution in [0.15, 0.2) is 12.1 Å². The van der Waals surface area contributed by atoms with Gasteiger partial charge in [-0.1, -0.05) is 6.07 Å². The first-order valence-electron chi connectivity index (χ1n) is 6.33. The summed E-state index contributed by atoms with van der Waals surface area (Å²) in [6.07, 6.45) is 1.67. The molecule has 1 saturated heterocycles. The molecule has 100 valence electrons. The Morgan fingerprint density at radius 1 is 1.44 bits per heavy atom. The minimum Gasteiger partial charge on any atom is -0.381 e. The third kappa shape index (κ3) is 2.70. The Bertz CT molecular complexity index is 417. The zero-order valence-electron chi connectivity index (χ0n) is 10.8. The number of hydrogen-bond acceptors (Lipinski definition) is 2. The van der Waals surface area contributed by atoms with Crippen LogP contribution in [0.3, 0.4) is 0 Å². The van der Waals surface area contributed by atoms with Crippen LogP contribution in [-0.2, 0) is 4.74 Å². The van der Waals surface area contributed by atoms with Gasteiger partial charge < -0.3 is 10.1 Å². The molecule has 0 saturated carbocycles. The van der Waals surface area contributed by atoms with E-state index in [1.54, 1.807) is 14.0 Å². The lowest BCUT2D eigenvalue weighted by atomic mass is 9.92. The SMILES string of the molecule is CNC(CC1CCOC1)c1c(F)ccc(C)c1F. The van der Waals surface area contributed by atoms with Crippen molar-refractivity contribution in [2.75, 3.05) is 20.3 Å². The fraction of sp³-hybridized carbons (Fsp3) is 0.571. The van der Waals surface area contributed by atoms with Crippen LogP contribution in [0.5, 0.6) is 0 Å². The summed E-state index contributed by atoms with van der Waals surface area (Å²) in [6.45, 7) is 3.09. The third-order valence-corrected chi connectivity index (χ3v) is 3.61. The summed E-state index contributed by atoms with van der Waals surface area (Å²) in [4.78, 5) is 0. The molecule has 1 heterocycles. The van der Waals surface area contributed by atoms with E-state index < -0.39 is 11.6 Å². The molecule has 2 atom stereocenters. The molecule has 2 nitrogen and oxygen atoms in total. The van der Waals surface area contributed by atoms with E-state index in [-0.39, 0.29) is 11.6 Å². The average Bonchev–Trinajstić information content (AvgIpc) is 2.86. The predicted octanol–water partition coefficient (Wildman–Crippen LogP) is 2.96. The molecule has 18 heavy (non-hydrogen) atoms. The maximum absolute atomic E-state index is 14.1. The van der Waals surface area contributed by atoms with E-state index in [0.717, 1.165) is 13.0 Å². The van der Waals surface area contributed by atoms with Gasteiger partial charge in [0, 0.05) is 24.8 Å². The normalized spacial score (nSPS) is 21.2. The number of hydrogen-bond donors (Lipinski definition) is 1. The van der Waals surface area contributed by atoms with Gasteiger partial charge in [0.15, 0.2) is 0 Å². The summed E-state index contributed by atoms with van der Waals surface area (Å²) in [5.41, 5.74) is 0.638. The zero-order chi connectivity index (χ0) is 13.1. The summed E-state index contributed by atoms with van der Waals surface area (Å²) in [5.74, 6) is -0.536. The van der Waals surface area contributed by atoms with Gasteiger partial charge in [0.05, 0.1) is 0 Å². The first-order chi connectivity index (χ1) is 8.63. The maximum Gasteiger partial charge on any atom is 0.133 e. The topological polar surface area (TPSA) is 21.3 Å². The molecule has 1 aliphatic rings. The van der Waals surface area contributed by atoms with Crippen LogP contribution >= 0.6 is 0 Å². The summed E-state index contributed by atoms with van der Waals surface area (Å²) in [5, 5.41) is 3.02. The molecule has 0 spiro atoms. The van der Waals surface area contributed by atoms with Crippen LogP contribution in [0, 0.1) is 24.5 Å². The van der Waals surface area contributed by atoms with Crippen molar-refractivity contribution in [3.63, 3.8) is 0 Å². The Hall–Kier alpha value is -1.00. The van der Waals surface area contributed by atoms with E-state index in [1.807, 2.05) is 0 Å². The van der Waals surface area contributed by atoms with Crippen LogP contribution in [0.2, 0.25) is 0 Å². The van der Waals surface area contributed by atoms with Crippen LogP contribution in [0.1, 0.15) is 30.0 Å². The highest BCUT2D eigenvalue weighted by atomic mass is 19.1. The molecule has 0 bridgehead atoms. The summed E-state index contributed by atoms with van der Waals surface area (Å²) in [6, 6.07) is 2.51. The highest BCUT2D eigenvalue weighted by molar-refractivity contribution is 5.29. The lowest BCUT2D eigenvalue weighted by Gasteiger charge is -2.21. The molecular formula is C14H19F2NO. The van der Waals surface area contributed by atoms with E-state index in [9.17, 15) is 8.78 Å². The molecule has 0 aromatic heterocycles. The van der Waals surface area contributed by atoms with Gasteiger partial charge in [0.25, 0.3) is 0 Å². The second-order valence-electron chi connectivity index (χ2n) is 4.90. The minimum absolute atomic E-state index is 0.157. The molecule has 1 N–H and O–H groups in total. The van der Waals surface area contributed by atoms with Crippen LogP contribution in [0.4, 0.5) is 8.78 Å². The molecule has 2 unspecified atom stereocenters. The van der Waals surface area contributed by atoms with Crippen LogP contribution in [0.25, 0.3) is 0 Å². The number of halogens is 2. The Balaban J connectivity index is 2.23. The first kappa shape index (κ1) is 13.4. The standard InChI is InChI=1S/C14H19F2NO/c1-9-3-4-11(15)13(14(9)16)12(17-2)7-10-5-6-18-8-10/h3-4,10,12,17H,5-8H2,1-2H3. The Morgan fingerprint density at radius 2 is 2.22 bits per heavy atom. The van der Waals surface area contributed by atoms with Gasteiger partial charge in [-0.25, -0.2) is 8.78 Å². The van der Waals surface area contributed by atoms with Crippen molar-refractivity contribution in [3.05, 3.63) is 34.9 Å². The Morgan fingerprint density at radius 3 is 2.83 bits per heavy atom. The third-order valence-electron chi connectivity index (χ3n) is 3.61. The van der Waals surface area contributed by atoms with Crippen molar-refractivity contribution >= 4 is 0 Å². The van der Waals surface area contributed by atoms with Gasteiger partial charge in [-0.3, -0.25) is 0 Å². The van der Waals surface area contributed by atoms with Gasteiger partial charge in [-0.15, -0.1) is 0 Å². The number of ether oxygens (including phenoxy) is 1. The molecule has 4 heteroatoms. The quantitative estimate of drug-likeness (QED) is 0.893. The molecule has 1 aliphatic heterocycles. The summed E-state index contributed by atoms with van der Waals surface area (Å²) in [7, 11) is 1.74. The first-order valence-corrected chi connectivity index (χ1v) is 6.33. The lowest BCUT2D eigenvalue weighted by molar-refractivity contribution is 0.181. The maximum atomic E-state index is 14.1. The summed E-state index contributed by atoms with van der Waals surface area (Å²) >= 11 is 0. The van der Waals surface area contributed by atoms with Crippen molar-refractivity contribution in [2.45, 2.75) is 25.8 Å². The van der Waals surface area contributed by atoms with Gasteiger partial charge >= 0.3 is 0 Å². The average molecular weight is 255 g/mol. The van der Waals surface area contributed by atoms with E-state index in [0.29, 0.717) is 24.5 Å². The second kappa shape index (κ2) is 5.76. The molecule has 1 aromatic rings. The van der Waals surface area contributed by atoms with E-state index in [4.69, 9.17) is 4.74 Å². The zero-order valence-corrected chi connectivity index (χ0v) is 10.8. The van der Waals surface area contributed by atoms with E-state index in [2.05, 4.69) is 5.32 Å². The van der Waals surface area contributed by atoms with Crippen molar-refractivity contribution in [1.82, 2.24) is 5.32 Å². The Kier molecular flexibility index (Phi) is 4.30. The summed E-state index contributed by atoms with van der Waals surface area (Å²) < 4.78 is 33.2. The monoisotopic (exact) mass is 255 g/mol. The molecular weight excluding hydrogens is 236 g/mol. The van der Waals surface area contributed by atoms with Gasteiger partial charge in [-0.05, 0) is 44.4 Å². The molecule has 0 aliphatic carbocycles. The van der Waals surface area contributed by atoms with E-state index in [1.165, 1.54) is 12.1 Å². The van der Waals surface area contributed by atoms with Crippen LogP contribution < -0.4 is 5.32 Å². The highest BCUT2D eigenvalue weighted by Crippen LogP contribution is 2.30. The van der Waals surface area contributed by atoms with Crippen molar-refractivity contribution in [2.24, 2.45) is 5.92 Å². The van der Waals surface area contributed by atoms with Crippen molar-refractivity contribution in [3.8, 4) is 0 Å². The fourth-order valence-corrected chi connectivity index (χ4v) is 2.48. The molecule has 1 aromatic carbocycles. The van der Waals surface area contributed by atoms with E-state index >= 15 is 0 Å². The molecule has 2 rings (SSSR count). The van der Waals surface area contributed by atoms with Crippen LogP contribution in [-0.4, -0.2) is 20.3 Å². The Labute approximate surface area is 106 Å². The number of nitrogens with one attached hydrogen (secondary N) is 1. The lowest BCUT2D eigenvalue weighted by Crippen LogP contribution is -2.23. The van der Waals surface area contributed by atoms with Gasteiger partial charge in [-0.2, -0.15) is 0 Å². The second-order valence-corrected chi connectivity index (χ2v) is 4.90. The number of rotatable bonds is 4. The molecule has 0 radical (unpaired) electrons. The van der Waals surface area contributed by atoms with Crippen molar-refractivity contribution in [1.29, 1.82) is 0 Å². The predicted molar refractivity (Wildman–Crippen MR) is 66.4 cm³/mol. The molecule has 0 amide bonds. The van der Waals surface area contributed by atoms with Gasteiger partial charge in [0.2, 0.25) is 0 Å². The largest absolute Gasteiger partial charge is 0.381 e. The van der Waals surface area contributed by atoms with Gasteiger partial charge in [0.1, 0.15) is 11.6 Å². The minimum atomic E-state index is -0.476. The molecule has 1 fully saturated rings. The smallest absolute Gasteiger partial charge is 0.133 e. The van der Waals surface area contributed by atoms with Crippen molar-refractivity contribution < 1.29 is 13.5 Å². The number of benzene rings is 1. The number of aryl methyl sites for hydroxylation is 1.